The second kappa shape index (κ2) is 6.23. The molecule has 124 valence electrons. The van der Waals surface area contributed by atoms with Crippen molar-refractivity contribution in [3.8, 4) is 0 Å². The fraction of sp³-hybridized carbons (Fsp3) is 0.500. The molecular formula is C16H19F2N3O2. The molecule has 23 heavy (non-hydrogen) atoms. The van der Waals surface area contributed by atoms with Gasteiger partial charge in [0, 0.05) is 44.0 Å². The maximum atomic E-state index is 13.4. The minimum Gasteiger partial charge on any atom is -0.339 e. The van der Waals surface area contributed by atoms with E-state index < -0.39 is 17.6 Å². The Morgan fingerprint density at radius 1 is 1.26 bits per heavy atom. The van der Waals surface area contributed by atoms with Gasteiger partial charge in [-0.2, -0.15) is 0 Å². The van der Waals surface area contributed by atoms with Crippen LogP contribution >= 0.6 is 0 Å². The normalized spacial score (nSPS) is 25.1. The van der Waals surface area contributed by atoms with Crippen molar-refractivity contribution in [2.75, 3.05) is 31.1 Å². The van der Waals surface area contributed by atoms with Crippen LogP contribution < -0.4 is 10.2 Å². The Bertz CT molecular complexity index is 638. The number of amides is 2. The van der Waals surface area contributed by atoms with E-state index in [9.17, 15) is 18.4 Å². The Balaban J connectivity index is 1.73. The van der Waals surface area contributed by atoms with Gasteiger partial charge in [-0.1, -0.05) is 0 Å². The molecule has 0 aliphatic carbocycles. The third-order valence-corrected chi connectivity index (χ3v) is 4.40. The molecule has 1 aromatic rings. The summed E-state index contributed by atoms with van der Waals surface area (Å²) >= 11 is 0. The highest BCUT2D eigenvalue weighted by molar-refractivity contribution is 6.09. The second-order valence-electron chi connectivity index (χ2n) is 6.07. The third-order valence-electron chi connectivity index (χ3n) is 4.40. The van der Waals surface area contributed by atoms with Crippen molar-refractivity contribution in [2.45, 2.75) is 19.4 Å². The number of carbonyl (C=O) groups excluding carboxylic acids is 2. The summed E-state index contributed by atoms with van der Waals surface area (Å²) in [5, 5.41) is 3.25. The van der Waals surface area contributed by atoms with Gasteiger partial charge in [0.2, 0.25) is 11.8 Å². The molecular weight excluding hydrogens is 304 g/mol. The van der Waals surface area contributed by atoms with Crippen LogP contribution in [0.4, 0.5) is 14.5 Å². The summed E-state index contributed by atoms with van der Waals surface area (Å²) in [5.74, 6) is -3.20. The lowest BCUT2D eigenvalue weighted by Gasteiger charge is -2.33. The van der Waals surface area contributed by atoms with Gasteiger partial charge in [0.05, 0.1) is 0 Å². The Labute approximate surface area is 133 Å². The lowest BCUT2D eigenvalue weighted by molar-refractivity contribution is -0.140. The Morgan fingerprint density at radius 3 is 2.74 bits per heavy atom. The minimum absolute atomic E-state index is 0.173. The van der Waals surface area contributed by atoms with E-state index in [1.54, 1.807) is 4.90 Å². The molecule has 0 bridgehead atoms. The molecule has 1 aromatic carbocycles. The fourth-order valence-corrected chi connectivity index (χ4v) is 3.17. The number of carbonyl (C=O) groups is 2. The summed E-state index contributed by atoms with van der Waals surface area (Å²) in [6.45, 7) is 4.19. The van der Waals surface area contributed by atoms with Crippen molar-refractivity contribution in [3.05, 3.63) is 29.8 Å². The molecule has 2 aliphatic heterocycles. The standard InChI is InChI=1S/C16H19F2N3O2/c1-10-9-20(7-5-19-10)15(22)12-4-6-21(16(12)23)11-2-3-13(17)14(18)8-11/h2-3,8,10,12,19H,4-7,9H2,1H3. The smallest absolute Gasteiger partial charge is 0.239 e. The highest BCUT2D eigenvalue weighted by Gasteiger charge is 2.40. The number of halogens is 2. The molecule has 0 saturated carbocycles. The zero-order chi connectivity index (χ0) is 16.6. The Morgan fingerprint density at radius 2 is 2.04 bits per heavy atom. The summed E-state index contributed by atoms with van der Waals surface area (Å²) in [6.07, 6.45) is 0.398. The predicted octanol–water partition coefficient (Wildman–Crippen LogP) is 1.14. The second-order valence-corrected chi connectivity index (χ2v) is 6.07. The molecule has 7 heteroatoms. The zero-order valence-corrected chi connectivity index (χ0v) is 12.9. The monoisotopic (exact) mass is 323 g/mol. The molecule has 2 aliphatic rings. The minimum atomic E-state index is -0.999. The van der Waals surface area contributed by atoms with Gasteiger partial charge in [-0.25, -0.2) is 8.78 Å². The van der Waals surface area contributed by atoms with Gasteiger partial charge < -0.3 is 15.1 Å². The van der Waals surface area contributed by atoms with Gasteiger partial charge in [0.15, 0.2) is 11.6 Å². The Kier molecular flexibility index (Phi) is 4.30. The highest BCUT2D eigenvalue weighted by atomic mass is 19.2. The lowest BCUT2D eigenvalue weighted by Crippen LogP contribution is -2.53. The molecule has 2 heterocycles. The zero-order valence-electron chi connectivity index (χ0n) is 12.9. The van der Waals surface area contributed by atoms with Gasteiger partial charge in [-0.15, -0.1) is 0 Å². The van der Waals surface area contributed by atoms with Crippen molar-refractivity contribution in [3.63, 3.8) is 0 Å². The van der Waals surface area contributed by atoms with Crippen LogP contribution in [-0.2, 0) is 9.59 Å². The number of hydrogen-bond donors (Lipinski definition) is 1. The first-order valence-electron chi connectivity index (χ1n) is 7.76. The largest absolute Gasteiger partial charge is 0.339 e. The summed E-state index contributed by atoms with van der Waals surface area (Å²) in [7, 11) is 0. The van der Waals surface area contributed by atoms with Crippen LogP contribution in [0.5, 0.6) is 0 Å². The molecule has 2 fully saturated rings. The molecule has 1 N–H and O–H groups in total. The van der Waals surface area contributed by atoms with E-state index in [4.69, 9.17) is 0 Å². The average molecular weight is 323 g/mol. The van der Waals surface area contributed by atoms with Crippen molar-refractivity contribution >= 4 is 17.5 Å². The first kappa shape index (κ1) is 15.9. The predicted molar refractivity (Wildman–Crippen MR) is 80.9 cm³/mol. The van der Waals surface area contributed by atoms with E-state index >= 15 is 0 Å². The van der Waals surface area contributed by atoms with Gasteiger partial charge >= 0.3 is 0 Å². The van der Waals surface area contributed by atoms with Crippen molar-refractivity contribution in [2.24, 2.45) is 5.92 Å². The fourth-order valence-electron chi connectivity index (χ4n) is 3.17. The molecule has 2 saturated heterocycles. The summed E-state index contributed by atoms with van der Waals surface area (Å²) in [5.41, 5.74) is 0.290. The number of anilines is 1. The maximum Gasteiger partial charge on any atom is 0.239 e. The summed E-state index contributed by atoms with van der Waals surface area (Å²) in [6, 6.07) is 3.54. The van der Waals surface area contributed by atoms with Crippen LogP contribution in [0.1, 0.15) is 13.3 Å². The van der Waals surface area contributed by atoms with Crippen molar-refractivity contribution < 1.29 is 18.4 Å². The number of hydrogen-bond acceptors (Lipinski definition) is 3. The molecule has 2 atom stereocenters. The van der Waals surface area contributed by atoms with E-state index in [0.29, 0.717) is 32.6 Å². The van der Waals surface area contributed by atoms with Crippen LogP contribution in [-0.4, -0.2) is 48.9 Å². The van der Waals surface area contributed by atoms with Crippen LogP contribution in [0, 0.1) is 17.6 Å². The van der Waals surface area contributed by atoms with Crippen LogP contribution in [0.25, 0.3) is 0 Å². The topological polar surface area (TPSA) is 52.7 Å². The van der Waals surface area contributed by atoms with E-state index in [-0.39, 0.29) is 23.5 Å². The van der Waals surface area contributed by atoms with Gasteiger partial charge in [-0.3, -0.25) is 9.59 Å². The molecule has 0 radical (unpaired) electrons. The van der Waals surface area contributed by atoms with Gasteiger partial charge in [0.1, 0.15) is 5.92 Å². The summed E-state index contributed by atoms with van der Waals surface area (Å²) in [4.78, 5) is 28.1. The first-order chi connectivity index (χ1) is 11.0. The quantitative estimate of drug-likeness (QED) is 0.831. The maximum absolute atomic E-state index is 13.4. The first-order valence-corrected chi connectivity index (χ1v) is 7.76. The van der Waals surface area contributed by atoms with Crippen LogP contribution in [0.2, 0.25) is 0 Å². The number of benzene rings is 1. The molecule has 3 rings (SSSR count). The average Bonchev–Trinajstić information content (AvgIpc) is 2.91. The number of nitrogens with zero attached hydrogens (tertiary/aromatic N) is 2. The molecule has 5 nitrogen and oxygen atoms in total. The SMILES string of the molecule is CC1CN(C(=O)C2CCN(c3ccc(F)c(F)c3)C2=O)CCN1. The highest BCUT2D eigenvalue weighted by Crippen LogP contribution is 2.28. The molecule has 2 amide bonds. The number of rotatable bonds is 2. The van der Waals surface area contributed by atoms with Gasteiger partial charge in [0.25, 0.3) is 0 Å². The third kappa shape index (κ3) is 3.06. The van der Waals surface area contributed by atoms with E-state index in [0.717, 1.165) is 12.1 Å². The van der Waals surface area contributed by atoms with Crippen molar-refractivity contribution in [1.82, 2.24) is 10.2 Å². The Hall–Kier alpha value is -2.02. The molecule has 2 unspecified atom stereocenters. The number of nitrogens with one attached hydrogen (secondary N) is 1. The van der Waals surface area contributed by atoms with Crippen LogP contribution in [0.3, 0.4) is 0 Å². The molecule has 0 aromatic heterocycles. The van der Waals surface area contributed by atoms with Crippen molar-refractivity contribution in [1.29, 1.82) is 0 Å². The van der Waals surface area contributed by atoms with Crippen LogP contribution in [0.15, 0.2) is 18.2 Å². The van der Waals surface area contributed by atoms with E-state index in [1.165, 1.54) is 11.0 Å². The van der Waals surface area contributed by atoms with E-state index in [1.807, 2.05) is 6.92 Å². The van der Waals surface area contributed by atoms with Gasteiger partial charge in [-0.05, 0) is 25.5 Å². The van der Waals surface area contributed by atoms with E-state index in [2.05, 4.69) is 5.32 Å². The molecule has 0 spiro atoms. The number of piperazine rings is 1. The lowest BCUT2D eigenvalue weighted by atomic mass is 10.1. The summed E-state index contributed by atoms with van der Waals surface area (Å²) < 4.78 is 26.4.